The summed E-state index contributed by atoms with van der Waals surface area (Å²) in [4.78, 5) is 13.3. The first-order valence-electron chi connectivity index (χ1n) is 6.69. The summed E-state index contributed by atoms with van der Waals surface area (Å²) >= 11 is 0. The number of carbonyl (C=O) groups is 1. The number of alkyl halides is 3. The fourth-order valence-corrected chi connectivity index (χ4v) is 2.14. The van der Waals surface area contributed by atoms with Gasteiger partial charge in [0.1, 0.15) is 6.54 Å². The lowest BCUT2D eigenvalue weighted by Gasteiger charge is -2.24. The van der Waals surface area contributed by atoms with E-state index in [-0.39, 0.29) is 6.54 Å². The molecule has 0 aliphatic carbocycles. The van der Waals surface area contributed by atoms with Gasteiger partial charge in [-0.3, -0.25) is 9.69 Å². The van der Waals surface area contributed by atoms with Crippen LogP contribution in [-0.4, -0.2) is 69.5 Å². The fourth-order valence-electron chi connectivity index (χ4n) is 2.14. The maximum atomic E-state index is 12.0. The van der Waals surface area contributed by atoms with Gasteiger partial charge in [0.25, 0.3) is 0 Å². The largest absolute Gasteiger partial charge is 0.405 e. The fraction of sp³-hybridized carbons (Fsp3) is 0.917. The minimum absolute atomic E-state index is 0.0440. The van der Waals surface area contributed by atoms with Crippen LogP contribution in [0.5, 0.6) is 0 Å². The smallest absolute Gasteiger partial charge is 0.383 e. The summed E-state index contributed by atoms with van der Waals surface area (Å²) in [5.74, 6) is -0.614. The van der Waals surface area contributed by atoms with Crippen molar-refractivity contribution in [2.24, 2.45) is 0 Å². The van der Waals surface area contributed by atoms with Crippen LogP contribution >= 0.6 is 0 Å². The van der Waals surface area contributed by atoms with Gasteiger partial charge in [0.05, 0.1) is 13.2 Å². The van der Waals surface area contributed by atoms with Crippen molar-refractivity contribution in [3.8, 4) is 0 Å². The summed E-state index contributed by atoms with van der Waals surface area (Å²) in [5, 5.41) is 5.19. The van der Waals surface area contributed by atoms with Crippen molar-refractivity contribution in [3.05, 3.63) is 0 Å². The number of nitrogens with zero attached hydrogens (tertiary/aromatic N) is 1. The molecule has 0 spiro atoms. The molecule has 1 amide bonds. The summed E-state index contributed by atoms with van der Waals surface area (Å²) in [6, 6.07) is 0.294. The number of amides is 1. The second-order valence-electron chi connectivity index (χ2n) is 4.91. The molecule has 0 saturated carbocycles. The molecule has 118 valence electrons. The summed E-state index contributed by atoms with van der Waals surface area (Å²) in [6.07, 6.45) is -2.27. The highest BCUT2D eigenvalue weighted by molar-refractivity contribution is 5.78. The van der Waals surface area contributed by atoms with Crippen molar-refractivity contribution in [3.63, 3.8) is 0 Å². The Balaban J connectivity index is 2.35. The predicted octanol–water partition coefficient (Wildman–Crippen LogP) is 0.365. The van der Waals surface area contributed by atoms with E-state index in [1.165, 1.54) is 0 Å². The second-order valence-corrected chi connectivity index (χ2v) is 4.91. The number of halogens is 3. The Labute approximate surface area is 116 Å². The zero-order chi connectivity index (χ0) is 15.0. The number of ether oxygens (including phenoxy) is 1. The molecule has 1 aliphatic rings. The van der Waals surface area contributed by atoms with E-state index in [0.717, 1.165) is 19.4 Å². The zero-order valence-corrected chi connectivity index (χ0v) is 11.6. The van der Waals surface area contributed by atoms with Crippen LogP contribution in [0.2, 0.25) is 0 Å². The van der Waals surface area contributed by atoms with E-state index in [1.807, 2.05) is 10.2 Å². The van der Waals surface area contributed by atoms with E-state index in [9.17, 15) is 18.0 Å². The summed E-state index contributed by atoms with van der Waals surface area (Å²) < 4.78 is 41.0. The molecule has 1 fully saturated rings. The highest BCUT2D eigenvalue weighted by Crippen LogP contribution is 2.12. The van der Waals surface area contributed by atoms with Crippen LogP contribution in [0, 0.1) is 0 Å². The number of rotatable bonds is 8. The maximum Gasteiger partial charge on any atom is 0.405 e. The number of nitrogens with one attached hydrogen (secondary N) is 2. The molecule has 0 bridgehead atoms. The Bertz CT molecular complexity index is 294. The topological polar surface area (TPSA) is 53.6 Å². The molecule has 1 heterocycles. The first-order chi connectivity index (χ1) is 9.40. The van der Waals surface area contributed by atoms with Crippen LogP contribution in [0.4, 0.5) is 13.2 Å². The lowest BCUT2D eigenvalue weighted by Crippen LogP contribution is -2.45. The van der Waals surface area contributed by atoms with Gasteiger partial charge in [-0.15, -0.1) is 0 Å². The molecule has 1 atom stereocenters. The maximum absolute atomic E-state index is 12.0. The summed E-state index contributed by atoms with van der Waals surface area (Å²) in [6.45, 7) is 1.22. The average Bonchev–Trinajstić information content (AvgIpc) is 2.85. The van der Waals surface area contributed by atoms with Crippen molar-refractivity contribution in [2.75, 3.05) is 46.4 Å². The molecule has 20 heavy (non-hydrogen) atoms. The van der Waals surface area contributed by atoms with Gasteiger partial charge in [0.15, 0.2) is 0 Å². The predicted molar refractivity (Wildman–Crippen MR) is 68.4 cm³/mol. The molecule has 1 aliphatic heterocycles. The second kappa shape index (κ2) is 8.43. The Morgan fingerprint density at radius 2 is 2.25 bits per heavy atom. The van der Waals surface area contributed by atoms with E-state index in [4.69, 9.17) is 4.74 Å². The lowest BCUT2D eigenvalue weighted by molar-refractivity contribution is -0.139. The molecule has 0 aromatic heterocycles. The molecule has 1 unspecified atom stereocenters. The van der Waals surface area contributed by atoms with E-state index in [0.29, 0.717) is 25.7 Å². The molecule has 0 aromatic rings. The van der Waals surface area contributed by atoms with E-state index in [2.05, 4.69) is 5.32 Å². The third kappa shape index (κ3) is 7.66. The van der Waals surface area contributed by atoms with E-state index >= 15 is 0 Å². The quantitative estimate of drug-likeness (QED) is 0.679. The van der Waals surface area contributed by atoms with Crippen LogP contribution < -0.4 is 10.6 Å². The van der Waals surface area contributed by atoms with Crippen molar-refractivity contribution < 1.29 is 22.7 Å². The number of carbonyl (C=O) groups excluding carboxylic acids is 1. The zero-order valence-electron chi connectivity index (χ0n) is 11.6. The molecule has 0 aromatic carbocycles. The molecule has 2 N–H and O–H groups in total. The third-order valence-corrected chi connectivity index (χ3v) is 3.11. The van der Waals surface area contributed by atoms with Gasteiger partial charge in [-0.25, -0.2) is 0 Å². The van der Waals surface area contributed by atoms with Gasteiger partial charge in [0.2, 0.25) is 5.91 Å². The van der Waals surface area contributed by atoms with Gasteiger partial charge in [-0.2, -0.15) is 13.2 Å². The minimum Gasteiger partial charge on any atom is -0.383 e. The van der Waals surface area contributed by atoms with E-state index in [1.54, 1.807) is 7.11 Å². The van der Waals surface area contributed by atoms with Crippen LogP contribution in [0.25, 0.3) is 0 Å². The van der Waals surface area contributed by atoms with Crippen molar-refractivity contribution in [1.82, 2.24) is 15.5 Å². The molecule has 1 saturated heterocycles. The van der Waals surface area contributed by atoms with Gasteiger partial charge in [-0.1, -0.05) is 0 Å². The Kier molecular flexibility index (Phi) is 7.25. The summed E-state index contributed by atoms with van der Waals surface area (Å²) in [7, 11) is 1.55. The third-order valence-electron chi connectivity index (χ3n) is 3.11. The number of hydrogen-bond donors (Lipinski definition) is 2. The molecule has 1 rings (SSSR count). The summed E-state index contributed by atoms with van der Waals surface area (Å²) in [5.41, 5.74) is 0. The molecule has 0 radical (unpaired) electrons. The molecular weight excluding hydrogens is 275 g/mol. The van der Waals surface area contributed by atoms with Crippen LogP contribution in [0.15, 0.2) is 0 Å². The first-order valence-corrected chi connectivity index (χ1v) is 6.69. The van der Waals surface area contributed by atoms with Crippen molar-refractivity contribution >= 4 is 5.91 Å². The Morgan fingerprint density at radius 3 is 2.80 bits per heavy atom. The minimum atomic E-state index is -4.37. The average molecular weight is 297 g/mol. The van der Waals surface area contributed by atoms with Crippen molar-refractivity contribution in [1.29, 1.82) is 0 Å². The van der Waals surface area contributed by atoms with Gasteiger partial charge in [0, 0.05) is 26.2 Å². The van der Waals surface area contributed by atoms with Gasteiger partial charge in [-0.05, 0) is 19.4 Å². The van der Waals surface area contributed by atoms with Crippen LogP contribution in [0.3, 0.4) is 0 Å². The van der Waals surface area contributed by atoms with Crippen molar-refractivity contribution in [2.45, 2.75) is 25.1 Å². The normalized spacial score (nSPS) is 19.6. The highest BCUT2D eigenvalue weighted by Gasteiger charge is 2.28. The SMILES string of the molecule is COCCN(CC(=O)NCC(F)(F)F)CC1CCCN1. The van der Waals surface area contributed by atoms with Crippen LogP contribution in [0.1, 0.15) is 12.8 Å². The number of methoxy groups -OCH3 is 1. The Morgan fingerprint density at radius 1 is 1.50 bits per heavy atom. The molecule has 8 heteroatoms. The van der Waals surface area contributed by atoms with Crippen LogP contribution in [-0.2, 0) is 9.53 Å². The Hall–Kier alpha value is -0.860. The first kappa shape index (κ1) is 17.2. The molecular formula is C12H22F3N3O2. The lowest BCUT2D eigenvalue weighted by atomic mass is 10.2. The molecule has 5 nitrogen and oxygen atoms in total. The van der Waals surface area contributed by atoms with Gasteiger partial charge < -0.3 is 15.4 Å². The highest BCUT2D eigenvalue weighted by atomic mass is 19.4. The monoisotopic (exact) mass is 297 g/mol. The number of hydrogen-bond acceptors (Lipinski definition) is 4. The van der Waals surface area contributed by atoms with Gasteiger partial charge >= 0.3 is 6.18 Å². The standard InChI is InChI=1S/C12H22F3N3O2/c1-20-6-5-18(7-10-3-2-4-16-10)8-11(19)17-9-12(13,14)15/h10,16H,2-9H2,1H3,(H,17,19). The van der Waals surface area contributed by atoms with E-state index < -0.39 is 18.6 Å².